The number of hydrazine groups is 1. The highest BCUT2D eigenvalue weighted by Crippen LogP contribution is 2.07. The van der Waals surface area contributed by atoms with Gasteiger partial charge in [0, 0.05) is 18.4 Å². The number of nitrogens with one attached hydrogen (secondary N) is 1. The summed E-state index contributed by atoms with van der Waals surface area (Å²) < 4.78 is 0. The van der Waals surface area contributed by atoms with Gasteiger partial charge >= 0.3 is 0 Å². The molecule has 1 heterocycles. The van der Waals surface area contributed by atoms with Crippen molar-refractivity contribution in [3.63, 3.8) is 0 Å². The summed E-state index contributed by atoms with van der Waals surface area (Å²) in [4.78, 5) is 3.89. The Morgan fingerprint density at radius 3 is 2.45 bits per heavy atom. The SMILES string of the molecule is CC(NN)c1ccncc1.Cl. The number of nitrogens with two attached hydrogens (primary N) is 1. The van der Waals surface area contributed by atoms with Gasteiger partial charge in [0.2, 0.25) is 0 Å². The molecule has 0 bridgehead atoms. The lowest BCUT2D eigenvalue weighted by Crippen LogP contribution is -2.25. The quantitative estimate of drug-likeness (QED) is 0.519. The number of hydrogen-bond acceptors (Lipinski definition) is 3. The molecule has 0 radical (unpaired) electrons. The molecule has 3 nitrogen and oxygen atoms in total. The zero-order valence-electron chi connectivity index (χ0n) is 6.32. The topological polar surface area (TPSA) is 50.9 Å². The van der Waals surface area contributed by atoms with E-state index < -0.39 is 0 Å². The third-order valence-electron chi connectivity index (χ3n) is 1.46. The highest BCUT2D eigenvalue weighted by atomic mass is 35.5. The number of aromatic nitrogens is 1. The molecule has 0 aromatic carbocycles. The van der Waals surface area contributed by atoms with Gasteiger partial charge in [-0.25, -0.2) is 0 Å². The van der Waals surface area contributed by atoms with E-state index in [1.807, 2.05) is 19.1 Å². The van der Waals surface area contributed by atoms with Gasteiger partial charge in [-0.05, 0) is 24.6 Å². The van der Waals surface area contributed by atoms with Crippen LogP contribution in [0, 0.1) is 0 Å². The van der Waals surface area contributed by atoms with E-state index in [1.165, 1.54) is 0 Å². The average Bonchev–Trinajstić information content (AvgIpc) is 2.05. The maximum absolute atomic E-state index is 5.23. The standard InChI is InChI=1S/C7H11N3.ClH/c1-6(10-8)7-2-4-9-5-3-7;/h2-6,10H,8H2,1H3;1H. The van der Waals surface area contributed by atoms with Gasteiger partial charge in [-0.3, -0.25) is 16.3 Å². The van der Waals surface area contributed by atoms with Crippen LogP contribution in [0.1, 0.15) is 18.5 Å². The minimum absolute atomic E-state index is 0. The Morgan fingerprint density at radius 1 is 1.45 bits per heavy atom. The number of halogens is 1. The van der Waals surface area contributed by atoms with Crippen LogP contribution in [-0.4, -0.2) is 4.98 Å². The first-order valence-corrected chi connectivity index (χ1v) is 3.20. The van der Waals surface area contributed by atoms with Crippen molar-refractivity contribution >= 4 is 12.4 Å². The summed E-state index contributed by atoms with van der Waals surface area (Å²) >= 11 is 0. The molecular weight excluding hydrogens is 162 g/mol. The summed E-state index contributed by atoms with van der Waals surface area (Å²) in [6, 6.07) is 4.07. The van der Waals surface area contributed by atoms with E-state index in [4.69, 9.17) is 5.84 Å². The Bertz CT molecular complexity index is 190. The van der Waals surface area contributed by atoms with Gasteiger partial charge in [0.05, 0.1) is 0 Å². The molecule has 1 aromatic rings. The first-order chi connectivity index (χ1) is 4.84. The number of rotatable bonds is 2. The molecule has 1 rings (SSSR count). The lowest BCUT2D eigenvalue weighted by molar-refractivity contribution is 0.602. The summed E-state index contributed by atoms with van der Waals surface area (Å²) in [6.07, 6.45) is 3.51. The van der Waals surface area contributed by atoms with E-state index in [1.54, 1.807) is 12.4 Å². The Hall–Kier alpha value is -0.640. The van der Waals surface area contributed by atoms with Crippen LogP contribution in [0.25, 0.3) is 0 Å². The summed E-state index contributed by atoms with van der Waals surface area (Å²) in [5, 5.41) is 0. The van der Waals surface area contributed by atoms with Crippen molar-refractivity contribution < 1.29 is 0 Å². The normalized spacial score (nSPS) is 11.8. The maximum atomic E-state index is 5.23. The molecule has 0 amide bonds. The lowest BCUT2D eigenvalue weighted by Gasteiger charge is -2.08. The van der Waals surface area contributed by atoms with Crippen molar-refractivity contribution in [3.8, 4) is 0 Å². The van der Waals surface area contributed by atoms with Gasteiger partial charge in [-0.2, -0.15) is 0 Å². The monoisotopic (exact) mass is 173 g/mol. The van der Waals surface area contributed by atoms with Crippen LogP contribution in [0.2, 0.25) is 0 Å². The lowest BCUT2D eigenvalue weighted by atomic mass is 10.1. The third-order valence-corrected chi connectivity index (χ3v) is 1.46. The van der Waals surface area contributed by atoms with Crippen molar-refractivity contribution in [2.24, 2.45) is 5.84 Å². The van der Waals surface area contributed by atoms with Crippen LogP contribution in [0.3, 0.4) is 0 Å². The van der Waals surface area contributed by atoms with Crippen LogP contribution >= 0.6 is 12.4 Å². The van der Waals surface area contributed by atoms with Crippen LogP contribution in [0.15, 0.2) is 24.5 Å². The van der Waals surface area contributed by atoms with Crippen molar-refractivity contribution in [2.75, 3.05) is 0 Å². The van der Waals surface area contributed by atoms with Gasteiger partial charge in [-0.15, -0.1) is 12.4 Å². The summed E-state index contributed by atoms with van der Waals surface area (Å²) in [5.41, 5.74) is 3.80. The Labute approximate surface area is 72.4 Å². The predicted octanol–water partition coefficient (Wildman–Crippen LogP) is 1.03. The number of hydrogen-bond donors (Lipinski definition) is 2. The molecule has 0 aliphatic heterocycles. The molecule has 1 aromatic heterocycles. The van der Waals surface area contributed by atoms with E-state index in [9.17, 15) is 0 Å². The predicted molar refractivity (Wildman–Crippen MR) is 47.2 cm³/mol. The van der Waals surface area contributed by atoms with Gasteiger partial charge < -0.3 is 0 Å². The molecule has 4 heteroatoms. The molecule has 11 heavy (non-hydrogen) atoms. The highest BCUT2D eigenvalue weighted by Gasteiger charge is 1.98. The van der Waals surface area contributed by atoms with Crippen LogP contribution < -0.4 is 11.3 Å². The van der Waals surface area contributed by atoms with Crippen LogP contribution in [-0.2, 0) is 0 Å². The zero-order valence-corrected chi connectivity index (χ0v) is 7.14. The molecular formula is C7H12ClN3. The van der Waals surface area contributed by atoms with E-state index in [0.29, 0.717) is 0 Å². The van der Waals surface area contributed by atoms with Crippen molar-refractivity contribution in [1.29, 1.82) is 0 Å². The first kappa shape index (κ1) is 10.4. The Morgan fingerprint density at radius 2 is 2.00 bits per heavy atom. The molecule has 1 unspecified atom stereocenters. The van der Waals surface area contributed by atoms with E-state index in [-0.39, 0.29) is 18.4 Å². The molecule has 3 N–H and O–H groups in total. The molecule has 0 saturated heterocycles. The van der Waals surface area contributed by atoms with Gasteiger partial charge in [0.1, 0.15) is 0 Å². The summed E-state index contributed by atoms with van der Waals surface area (Å²) in [7, 11) is 0. The van der Waals surface area contributed by atoms with Gasteiger partial charge in [0.25, 0.3) is 0 Å². The largest absolute Gasteiger partial charge is 0.271 e. The number of pyridine rings is 1. The molecule has 0 aliphatic rings. The molecule has 0 aliphatic carbocycles. The van der Waals surface area contributed by atoms with Crippen molar-refractivity contribution in [2.45, 2.75) is 13.0 Å². The smallest absolute Gasteiger partial charge is 0.0432 e. The molecule has 0 fully saturated rings. The zero-order chi connectivity index (χ0) is 7.40. The molecule has 62 valence electrons. The molecule has 1 atom stereocenters. The molecule has 0 spiro atoms. The third kappa shape index (κ3) is 2.84. The fourth-order valence-corrected chi connectivity index (χ4v) is 0.748. The Kier molecular flexibility index (Phi) is 4.77. The van der Waals surface area contributed by atoms with Crippen molar-refractivity contribution in [3.05, 3.63) is 30.1 Å². The maximum Gasteiger partial charge on any atom is 0.0432 e. The van der Waals surface area contributed by atoms with E-state index in [0.717, 1.165) is 5.56 Å². The second kappa shape index (κ2) is 5.07. The van der Waals surface area contributed by atoms with E-state index in [2.05, 4.69) is 10.4 Å². The summed E-state index contributed by atoms with van der Waals surface area (Å²) in [6.45, 7) is 2.00. The van der Waals surface area contributed by atoms with Crippen molar-refractivity contribution in [1.82, 2.24) is 10.4 Å². The fourth-order valence-electron chi connectivity index (χ4n) is 0.748. The fraction of sp³-hybridized carbons (Fsp3) is 0.286. The van der Waals surface area contributed by atoms with Gasteiger partial charge in [0.15, 0.2) is 0 Å². The second-order valence-electron chi connectivity index (χ2n) is 2.17. The highest BCUT2D eigenvalue weighted by molar-refractivity contribution is 5.85. The second-order valence-corrected chi connectivity index (χ2v) is 2.17. The van der Waals surface area contributed by atoms with E-state index >= 15 is 0 Å². The minimum atomic E-state index is 0. The average molecular weight is 174 g/mol. The first-order valence-electron chi connectivity index (χ1n) is 3.20. The Balaban J connectivity index is 0.000001000. The van der Waals surface area contributed by atoms with Gasteiger partial charge in [-0.1, -0.05) is 0 Å². The van der Waals surface area contributed by atoms with Crippen LogP contribution in [0.5, 0.6) is 0 Å². The number of nitrogens with zero attached hydrogens (tertiary/aromatic N) is 1. The summed E-state index contributed by atoms with van der Waals surface area (Å²) in [5.74, 6) is 5.23. The van der Waals surface area contributed by atoms with Crippen LogP contribution in [0.4, 0.5) is 0 Å². The molecule has 0 saturated carbocycles. The minimum Gasteiger partial charge on any atom is -0.271 e.